The number of benzene rings is 2. The number of anilines is 1. The monoisotopic (exact) mass is 399 g/mol. The highest BCUT2D eigenvalue weighted by atomic mass is 19.3. The minimum absolute atomic E-state index is 0.120. The summed E-state index contributed by atoms with van der Waals surface area (Å²) < 4.78 is 36.5. The number of hydrogen-bond donors (Lipinski definition) is 1. The molecule has 1 aromatic heterocycles. The molecule has 9 heteroatoms. The molecule has 2 heterocycles. The van der Waals surface area contributed by atoms with E-state index in [2.05, 4.69) is 19.9 Å². The van der Waals surface area contributed by atoms with Crippen LogP contribution in [0.25, 0.3) is 5.69 Å². The van der Waals surface area contributed by atoms with Crippen LogP contribution in [-0.4, -0.2) is 27.8 Å². The van der Waals surface area contributed by atoms with Gasteiger partial charge in [-0.2, -0.15) is 5.10 Å². The van der Waals surface area contributed by atoms with Crippen molar-refractivity contribution in [3.8, 4) is 17.2 Å². The maximum atomic E-state index is 13.1. The second kappa shape index (κ2) is 6.69. The maximum absolute atomic E-state index is 13.1. The molecule has 4 rings (SSSR count). The molecule has 0 radical (unpaired) electrons. The van der Waals surface area contributed by atoms with Gasteiger partial charge in [0.05, 0.1) is 22.6 Å². The summed E-state index contributed by atoms with van der Waals surface area (Å²) in [6.07, 6.45) is -3.76. The molecule has 29 heavy (non-hydrogen) atoms. The quantitative estimate of drug-likeness (QED) is 0.535. The van der Waals surface area contributed by atoms with Crippen molar-refractivity contribution in [2.45, 2.75) is 20.1 Å². The van der Waals surface area contributed by atoms with E-state index < -0.39 is 18.0 Å². The number of ether oxygens (including phenoxy) is 2. The zero-order valence-corrected chi connectivity index (χ0v) is 15.4. The zero-order chi connectivity index (χ0) is 20.8. The molecule has 1 amide bonds. The first-order valence-corrected chi connectivity index (χ1v) is 8.62. The summed E-state index contributed by atoms with van der Waals surface area (Å²) >= 11 is 0. The summed E-state index contributed by atoms with van der Waals surface area (Å²) in [5.41, 5.74) is 1.97. The summed E-state index contributed by atoms with van der Waals surface area (Å²) in [6.45, 7) is 3.33. The number of alkyl halides is 2. The summed E-state index contributed by atoms with van der Waals surface area (Å²) in [6, 6.07) is 12.9. The van der Waals surface area contributed by atoms with Crippen LogP contribution in [0.5, 0.6) is 11.5 Å². The largest absolute Gasteiger partial charge is 0.586 e. The van der Waals surface area contributed by atoms with E-state index in [1.165, 1.54) is 12.1 Å². The first-order chi connectivity index (χ1) is 13.7. The molecule has 0 fully saturated rings. The van der Waals surface area contributed by atoms with Gasteiger partial charge in [0.1, 0.15) is 0 Å². The van der Waals surface area contributed by atoms with Gasteiger partial charge in [-0.3, -0.25) is 9.59 Å². The Bertz CT molecular complexity index is 1130. The Morgan fingerprint density at radius 1 is 1.03 bits per heavy atom. The third-order valence-electron chi connectivity index (χ3n) is 4.38. The number of amides is 1. The molecule has 0 atom stereocenters. The van der Waals surface area contributed by atoms with Crippen molar-refractivity contribution in [3.05, 3.63) is 65.5 Å². The Balaban J connectivity index is 1.57. The number of carbonyl (C=O) groups excluding carboxylic acids is 2. The fourth-order valence-corrected chi connectivity index (χ4v) is 3.12. The van der Waals surface area contributed by atoms with Crippen molar-refractivity contribution in [2.24, 2.45) is 0 Å². The third kappa shape index (κ3) is 3.42. The van der Waals surface area contributed by atoms with Crippen molar-refractivity contribution in [1.29, 1.82) is 0 Å². The van der Waals surface area contributed by atoms with Gasteiger partial charge in [0, 0.05) is 11.8 Å². The third-order valence-corrected chi connectivity index (χ3v) is 4.38. The van der Waals surface area contributed by atoms with Crippen molar-refractivity contribution in [3.63, 3.8) is 0 Å². The van der Waals surface area contributed by atoms with Crippen molar-refractivity contribution < 1.29 is 27.8 Å². The van der Waals surface area contributed by atoms with Crippen LogP contribution in [0.15, 0.2) is 48.5 Å². The van der Waals surface area contributed by atoms with Crippen LogP contribution in [0.3, 0.4) is 0 Å². The predicted octanol–water partition coefficient (Wildman–Crippen LogP) is 3.63. The highest BCUT2D eigenvalue weighted by molar-refractivity contribution is 6.47. The normalized spacial score (nSPS) is 13.9. The number of nitrogens with zero attached hydrogens (tertiary/aromatic N) is 2. The molecule has 1 aliphatic rings. The molecule has 7 nitrogen and oxygen atoms in total. The molecule has 0 unspecified atom stereocenters. The van der Waals surface area contributed by atoms with E-state index in [1.54, 1.807) is 18.5 Å². The van der Waals surface area contributed by atoms with E-state index in [4.69, 9.17) is 0 Å². The van der Waals surface area contributed by atoms with Crippen LogP contribution in [-0.2, 0) is 4.79 Å². The number of aromatic nitrogens is 2. The van der Waals surface area contributed by atoms with Crippen LogP contribution in [0.4, 0.5) is 14.5 Å². The summed E-state index contributed by atoms with van der Waals surface area (Å²) in [4.78, 5) is 25.2. The summed E-state index contributed by atoms with van der Waals surface area (Å²) in [5.74, 6) is -2.10. The summed E-state index contributed by atoms with van der Waals surface area (Å²) in [7, 11) is 0. The van der Waals surface area contributed by atoms with Crippen LogP contribution in [0.1, 0.15) is 21.7 Å². The maximum Gasteiger partial charge on any atom is 0.586 e. The van der Waals surface area contributed by atoms with Gasteiger partial charge < -0.3 is 14.8 Å². The lowest BCUT2D eigenvalue weighted by atomic mass is 10.1. The number of halogens is 2. The fourth-order valence-electron chi connectivity index (χ4n) is 3.12. The van der Waals surface area contributed by atoms with Crippen LogP contribution in [0, 0.1) is 13.8 Å². The van der Waals surface area contributed by atoms with E-state index in [-0.39, 0.29) is 22.7 Å². The minimum atomic E-state index is -3.76. The second-order valence-electron chi connectivity index (χ2n) is 6.41. The van der Waals surface area contributed by atoms with Gasteiger partial charge in [0.15, 0.2) is 11.5 Å². The lowest BCUT2D eigenvalue weighted by Crippen LogP contribution is -2.26. The minimum Gasteiger partial charge on any atom is -0.395 e. The molecule has 1 N–H and O–H groups in total. The average molecular weight is 399 g/mol. The van der Waals surface area contributed by atoms with Crippen molar-refractivity contribution in [1.82, 2.24) is 9.78 Å². The molecule has 2 aromatic carbocycles. The number of para-hydroxylation sites is 1. The standard InChI is InChI=1S/C20H15F2N3O4/c1-11-17(12(2)25(24-11)14-6-4-3-5-7-14)18(26)19(27)23-13-8-9-15-16(10-13)29-20(21,22)28-15/h3-10H,1-2H3,(H,23,27). The van der Waals surface area contributed by atoms with Gasteiger partial charge in [0.2, 0.25) is 0 Å². The molecule has 148 valence electrons. The summed E-state index contributed by atoms with van der Waals surface area (Å²) in [5, 5.41) is 6.74. The number of aryl methyl sites for hydroxylation is 1. The Labute approximate surface area is 163 Å². The van der Waals surface area contributed by atoms with Gasteiger partial charge in [-0.15, -0.1) is 8.78 Å². The Morgan fingerprint density at radius 2 is 1.72 bits per heavy atom. The highest BCUT2D eigenvalue weighted by Crippen LogP contribution is 2.42. The number of carbonyl (C=O) groups is 2. The fraction of sp³-hybridized carbons (Fsp3) is 0.150. The SMILES string of the molecule is Cc1nn(-c2ccccc2)c(C)c1C(=O)C(=O)Nc1ccc2c(c1)OC(F)(F)O2. The first-order valence-electron chi connectivity index (χ1n) is 8.62. The molecule has 0 saturated heterocycles. The number of nitrogens with one attached hydrogen (secondary N) is 1. The van der Waals surface area contributed by atoms with Gasteiger partial charge >= 0.3 is 6.29 Å². The lowest BCUT2D eigenvalue weighted by Gasteiger charge is -2.07. The first kappa shape index (κ1) is 18.6. The zero-order valence-electron chi connectivity index (χ0n) is 15.4. The van der Waals surface area contributed by atoms with Gasteiger partial charge in [0.25, 0.3) is 11.7 Å². The van der Waals surface area contributed by atoms with Gasteiger partial charge in [-0.05, 0) is 38.1 Å². The molecule has 3 aromatic rings. The molecule has 0 aliphatic carbocycles. The Hall–Kier alpha value is -3.75. The highest BCUT2D eigenvalue weighted by Gasteiger charge is 2.43. The molecule has 0 spiro atoms. The second-order valence-corrected chi connectivity index (χ2v) is 6.41. The number of rotatable bonds is 4. The predicted molar refractivity (Wildman–Crippen MR) is 98.6 cm³/mol. The van der Waals surface area contributed by atoms with E-state index >= 15 is 0 Å². The van der Waals surface area contributed by atoms with Crippen molar-refractivity contribution in [2.75, 3.05) is 5.32 Å². The molecule has 1 aliphatic heterocycles. The number of fused-ring (bicyclic) bond motifs is 1. The van der Waals surface area contributed by atoms with E-state index in [0.29, 0.717) is 11.4 Å². The molecule has 0 bridgehead atoms. The van der Waals surface area contributed by atoms with Crippen LogP contribution < -0.4 is 14.8 Å². The van der Waals surface area contributed by atoms with Gasteiger partial charge in [-0.25, -0.2) is 4.68 Å². The van der Waals surface area contributed by atoms with Crippen molar-refractivity contribution >= 4 is 17.4 Å². The smallest absolute Gasteiger partial charge is 0.395 e. The lowest BCUT2D eigenvalue weighted by molar-refractivity contribution is -0.286. The Morgan fingerprint density at radius 3 is 2.45 bits per heavy atom. The van der Waals surface area contributed by atoms with Crippen LogP contribution in [0.2, 0.25) is 0 Å². The molecule has 0 saturated carbocycles. The van der Waals surface area contributed by atoms with E-state index in [9.17, 15) is 18.4 Å². The van der Waals surface area contributed by atoms with Gasteiger partial charge in [-0.1, -0.05) is 18.2 Å². The molecular formula is C20H15F2N3O4. The molecular weight excluding hydrogens is 384 g/mol. The number of ketones is 1. The average Bonchev–Trinajstić information content (AvgIpc) is 3.15. The van der Waals surface area contributed by atoms with E-state index in [1.807, 2.05) is 30.3 Å². The number of hydrogen-bond acceptors (Lipinski definition) is 5. The van der Waals surface area contributed by atoms with Crippen LogP contribution >= 0.6 is 0 Å². The van der Waals surface area contributed by atoms with E-state index in [0.717, 1.165) is 11.8 Å². The number of Topliss-reactive ketones (excluding diaryl/α,β-unsaturated/α-hetero) is 1. The Kier molecular flexibility index (Phi) is 4.30. The topological polar surface area (TPSA) is 82.5 Å².